The van der Waals surface area contributed by atoms with Gasteiger partial charge in [0, 0.05) is 22.1 Å². The summed E-state index contributed by atoms with van der Waals surface area (Å²) in [6, 6.07) is 1.76. The van der Waals surface area contributed by atoms with Crippen molar-refractivity contribution in [3.8, 4) is 0 Å². The summed E-state index contributed by atoms with van der Waals surface area (Å²) in [4.78, 5) is 11.7. The van der Waals surface area contributed by atoms with Gasteiger partial charge in [-0.1, -0.05) is 6.92 Å². The van der Waals surface area contributed by atoms with Gasteiger partial charge in [0.1, 0.15) is 0 Å². The van der Waals surface area contributed by atoms with Crippen molar-refractivity contribution in [1.82, 2.24) is 0 Å². The fourth-order valence-electron chi connectivity index (χ4n) is 1.05. The van der Waals surface area contributed by atoms with E-state index in [9.17, 15) is 9.00 Å². The third-order valence-corrected chi connectivity index (χ3v) is 5.47. The standard InChI is InChI=1S/C9H10Br2O2S2/c1-2-3-15(13)5-7(12)6-4-8(10)14-9(6)11/h4H,2-3,5H2,1H3. The van der Waals surface area contributed by atoms with E-state index < -0.39 is 10.8 Å². The Morgan fingerprint density at radius 2 is 2.20 bits per heavy atom. The third-order valence-electron chi connectivity index (χ3n) is 1.68. The van der Waals surface area contributed by atoms with Gasteiger partial charge in [0.25, 0.3) is 0 Å². The summed E-state index contributed by atoms with van der Waals surface area (Å²) in [6.07, 6.45) is 0.842. The smallest absolute Gasteiger partial charge is 0.177 e. The van der Waals surface area contributed by atoms with E-state index in [1.807, 2.05) is 6.92 Å². The van der Waals surface area contributed by atoms with E-state index in [4.69, 9.17) is 0 Å². The molecule has 1 unspecified atom stereocenters. The zero-order valence-corrected chi connectivity index (χ0v) is 12.9. The molecule has 0 N–H and O–H groups in total. The topological polar surface area (TPSA) is 34.1 Å². The number of hydrogen-bond acceptors (Lipinski definition) is 3. The molecule has 2 nitrogen and oxygen atoms in total. The molecule has 0 aliphatic rings. The van der Waals surface area contributed by atoms with Crippen LogP contribution in [-0.4, -0.2) is 21.5 Å². The van der Waals surface area contributed by atoms with Crippen LogP contribution in [0.1, 0.15) is 23.7 Å². The number of halogens is 2. The second-order valence-corrected chi connectivity index (χ2v) is 8.28. The normalized spacial score (nSPS) is 12.7. The molecule has 0 amide bonds. The van der Waals surface area contributed by atoms with Crippen LogP contribution in [0.2, 0.25) is 0 Å². The molecule has 0 radical (unpaired) electrons. The van der Waals surface area contributed by atoms with Gasteiger partial charge in [-0.3, -0.25) is 9.00 Å². The maximum absolute atomic E-state index is 11.7. The fraction of sp³-hybridized carbons (Fsp3) is 0.444. The number of carbonyl (C=O) groups excluding carboxylic acids is 1. The average molecular weight is 374 g/mol. The first kappa shape index (κ1) is 13.5. The third kappa shape index (κ3) is 4.09. The van der Waals surface area contributed by atoms with Crippen molar-refractivity contribution in [2.45, 2.75) is 13.3 Å². The van der Waals surface area contributed by atoms with E-state index in [-0.39, 0.29) is 11.5 Å². The summed E-state index contributed by atoms with van der Waals surface area (Å²) in [5, 5.41) is 0. The molecule has 0 aliphatic heterocycles. The molecule has 0 aromatic carbocycles. The maximum Gasteiger partial charge on any atom is 0.177 e. The summed E-state index contributed by atoms with van der Waals surface area (Å²) < 4.78 is 13.1. The number of ketones is 1. The van der Waals surface area contributed by atoms with Crippen LogP contribution in [0.5, 0.6) is 0 Å². The van der Waals surface area contributed by atoms with Gasteiger partial charge in [0.05, 0.1) is 13.3 Å². The van der Waals surface area contributed by atoms with Gasteiger partial charge in [-0.2, -0.15) is 0 Å². The van der Waals surface area contributed by atoms with Crippen molar-refractivity contribution in [2.75, 3.05) is 11.5 Å². The van der Waals surface area contributed by atoms with Crippen LogP contribution in [0.3, 0.4) is 0 Å². The number of hydrogen-bond donors (Lipinski definition) is 0. The number of rotatable bonds is 5. The number of Topliss-reactive ketones (excluding diaryl/α,β-unsaturated/α-hetero) is 1. The van der Waals surface area contributed by atoms with Gasteiger partial charge in [0.15, 0.2) is 5.78 Å². The molecule has 0 spiro atoms. The van der Waals surface area contributed by atoms with Crippen molar-refractivity contribution in [2.24, 2.45) is 0 Å². The van der Waals surface area contributed by atoms with E-state index >= 15 is 0 Å². The number of carbonyl (C=O) groups is 1. The molecule has 0 bridgehead atoms. The van der Waals surface area contributed by atoms with Crippen molar-refractivity contribution in [3.05, 3.63) is 19.2 Å². The van der Waals surface area contributed by atoms with Crippen LogP contribution < -0.4 is 0 Å². The maximum atomic E-state index is 11.7. The molecule has 1 heterocycles. The van der Waals surface area contributed by atoms with Gasteiger partial charge in [-0.05, 0) is 44.3 Å². The van der Waals surface area contributed by atoms with Crippen molar-refractivity contribution in [3.63, 3.8) is 0 Å². The predicted molar refractivity (Wildman–Crippen MR) is 72.2 cm³/mol. The first-order valence-corrected chi connectivity index (χ1v) is 8.26. The van der Waals surface area contributed by atoms with E-state index in [0.717, 1.165) is 14.0 Å². The summed E-state index contributed by atoms with van der Waals surface area (Å²) >= 11 is 8.08. The van der Waals surface area contributed by atoms with Crippen LogP contribution in [0.15, 0.2) is 13.6 Å². The minimum absolute atomic E-state index is 0.0596. The molecule has 0 saturated heterocycles. The molecule has 15 heavy (non-hydrogen) atoms. The fourth-order valence-corrected chi connectivity index (χ4v) is 4.96. The lowest BCUT2D eigenvalue weighted by atomic mass is 10.2. The lowest BCUT2D eigenvalue weighted by Crippen LogP contribution is -2.12. The highest BCUT2D eigenvalue weighted by molar-refractivity contribution is 9.12. The molecule has 1 aromatic rings. The van der Waals surface area contributed by atoms with E-state index in [1.54, 1.807) is 6.07 Å². The van der Waals surface area contributed by atoms with Crippen LogP contribution in [0.25, 0.3) is 0 Å². The molecule has 1 aromatic heterocycles. The highest BCUT2D eigenvalue weighted by Crippen LogP contribution is 2.32. The Hall–Kier alpha value is 0.480. The predicted octanol–water partition coefficient (Wildman–Crippen LogP) is 3.61. The largest absolute Gasteiger partial charge is 0.293 e. The molecular weight excluding hydrogens is 364 g/mol. The Labute approximate surface area is 112 Å². The zero-order valence-electron chi connectivity index (χ0n) is 8.09. The van der Waals surface area contributed by atoms with Crippen LogP contribution in [0.4, 0.5) is 0 Å². The van der Waals surface area contributed by atoms with Gasteiger partial charge in [-0.25, -0.2) is 0 Å². The van der Waals surface area contributed by atoms with Crippen LogP contribution in [0, 0.1) is 0 Å². The van der Waals surface area contributed by atoms with Gasteiger partial charge < -0.3 is 0 Å². The van der Waals surface area contributed by atoms with Gasteiger partial charge in [0.2, 0.25) is 0 Å². The Balaban J connectivity index is 2.69. The highest BCUT2D eigenvalue weighted by Gasteiger charge is 2.15. The van der Waals surface area contributed by atoms with Crippen molar-refractivity contribution >= 4 is 59.8 Å². The Kier molecular flexibility index (Phi) is 5.66. The molecular formula is C9H10Br2O2S2. The van der Waals surface area contributed by atoms with Crippen LogP contribution >= 0.6 is 43.2 Å². The molecule has 0 fully saturated rings. The summed E-state index contributed by atoms with van der Waals surface area (Å²) in [5.74, 6) is 0.653. The monoisotopic (exact) mass is 372 g/mol. The van der Waals surface area contributed by atoms with Gasteiger partial charge >= 0.3 is 0 Å². The molecule has 0 saturated carbocycles. The van der Waals surface area contributed by atoms with E-state index in [1.165, 1.54) is 11.3 Å². The molecule has 0 aliphatic carbocycles. The lowest BCUT2D eigenvalue weighted by molar-refractivity contribution is 0.102. The van der Waals surface area contributed by atoms with E-state index in [2.05, 4.69) is 31.9 Å². The zero-order chi connectivity index (χ0) is 11.4. The quantitative estimate of drug-likeness (QED) is 0.738. The summed E-state index contributed by atoms with van der Waals surface area (Å²) in [6.45, 7) is 1.96. The second kappa shape index (κ2) is 6.27. The minimum Gasteiger partial charge on any atom is -0.293 e. The molecule has 1 rings (SSSR count). The van der Waals surface area contributed by atoms with Crippen molar-refractivity contribution < 1.29 is 9.00 Å². The molecule has 84 valence electrons. The second-order valence-electron chi connectivity index (χ2n) is 2.95. The van der Waals surface area contributed by atoms with Crippen molar-refractivity contribution in [1.29, 1.82) is 0 Å². The lowest BCUT2D eigenvalue weighted by Gasteiger charge is -1.98. The van der Waals surface area contributed by atoms with E-state index in [0.29, 0.717) is 11.3 Å². The Morgan fingerprint density at radius 3 is 2.67 bits per heavy atom. The Bertz CT molecular complexity index is 387. The first-order chi connectivity index (χ1) is 7.04. The highest BCUT2D eigenvalue weighted by atomic mass is 79.9. The molecule has 1 atom stereocenters. The van der Waals surface area contributed by atoms with Crippen LogP contribution in [-0.2, 0) is 10.8 Å². The summed E-state index contributed by atoms with van der Waals surface area (Å²) in [7, 11) is -1.03. The molecule has 6 heteroatoms. The first-order valence-electron chi connectivity index (χ1n) is 4.37. The number of thiophene rings is 1. The summed E-state index contributed by atoms with van der Waals surface area (Å²) in [5.41, 5.74) is 0.622. The van der Waals surface area contributed by atoms with Gasteiger partial charge in [-0.15, -0.1) is 11.3 Å². The Morgan fingerprint density at radius 1 is 1.53 bits per heavy atom. The SMILES string of the molecule is CCCS(=O)CC(=O)c1cc(Br)sc1Br. The minimum atomic E-state index is -1.03. The average Bonchev–Trinajstić information content (AvgIpc) is 2.45.